The van der Waals surface area contributed by atoms with Gasteiger partial charge in [-0.05, 0) is 18.8 Å². The molecule has 1 fully saturated rings. The second kappa shape index (κ2) is 5.18. The van der Waals surface area contributed by atoms with Crippen LogP contribution in [0.2, 0.25) is 0 Å². The average molecular weight is 253 g/mol. The molecule has 7 nitrogen and oxygen atoms in total. The highest BCUT2D eigenvalue weighted by Crippen LogP contribution is 2.25. The molecule has 1 aliphatic carbocycles. The van der Waals surface area contributed by atoms with Gasteiger partial charge in [0.05, 0.1) is 6.10 Å². The minimum atomic E-state index is -0.427. The maximum absolute atomic E-state index is 11.5. The zero-order chi connectivity index (χ0) is 13.1. The highest BCUT2D eigenvalue weighted by Gasteiger charge is 2.27. The summed E-state index contributed by atoms with van der Waals surface area (Å²) in [4.78, 5) is 33.9. The molecule has 0 unspecified atom stereocenters. The smallest absolute Gasteiger partial charge is 0.265 e. The average Bonchev–Trinajstić information content (AvgIpc) is 2.28. The number of aliphatic hydroxyl groups is 1. The van der Waals surface area contributed by atoms with Gasteiger partial charge in [0.15, 0.2) is 0 Å². The van der Waals surface area contributed by atoms with Gasteiger partial charge in [0.1, 0.15) is 6.54 Å². The molecule has 1 heterocycles. The van der Waals surface area contributed by atoms with Crippen LogP contribution in [0, 0.1) is 5.92 Å². The zero-order valence-corrected chi connectivity index (χ0v) is 9.76. The Morgan fingerprint density at radius 3 is 2.83 bits per heavy atom. The Morgan fingerprint density at radius 1 is 1.44 bits per heavy atom. The summed E-state index contributed by atoms with van der Waals surface area (Å²) in [6.07, 6.45) is 1.14. The van der Waals surface area contributed by atoms with Gasteiger partial charge in [-0.15, -0.1) is 0 Å². The predicted octanol–water partition coefficient (Wildman–Crippen LogP) is -1.58. The Kier molecular flexibility index (Phi) is 3.61. The standard InChI is InChI=1S/C11H15N3O4/c15-8-3-7(4-8)5-12-10(17)6-14-11(18)2-1-9(16)13-14/h1-2,7-8,15H,3-6H2,(H,12,17)(H,13,16). The van der Waals surface area contributed by atoms with Crippen molar-refractivity contribution < 1.29 is 9.90 Å². The molecule has 0 radical (unpaired) electrons. The Bertz CT molecular complexity index is 542. The van der Waals surface area contributed by atoms with Crippen LogP contribution >= 0.6 is 0 Å². The topological polar surface area (TPSA) is 104 Å². The van der Waals surface area contributed by atoms with Crippen LogP contribution in [0.4, 0.5) is 0 Å². The highest BCUT2D eigenvalue weighted by atomic mass is 16.3. The van der Waals surface area contributed by atoms with E-state index >= 15 is 0 Å². The maximum Gasteiger partial charge on any atom is 0.265 e. The first-order valence-corrected chi connectivity index (χ1v) is 5.79. The van der Waals surface area contributed by atoms with Crippen LogP contribution in [0.15, 0.2) is 21.7 Å². The van der Waals surface area contributed by atoms with Crippen molar-refractivity contribution in [1.29, 1.82) is 0 Å². The number of aromatic nitrogens is 2. The fourth-order valence-corrected chi connectivity index (χ4v) is 1.90. The maximum atomic E-state index is 11.5. The Hall–Kier alpha value is -1.89. The van der Waals surface area contributed by atoms with Crippen LogP contribution in [0.3, 0.4) is 0 Å². The van der Waals surface area contributed by atoms with Gasteiger partial charge in [-0.1, -0.05) is 0 Å². The molecule has 2 rings (SSSR count). The summed E-state index contributed by atoms with van der Waals surface area (Å²) in [5.74, 6) is -0.0316. The van der Waals surface area contributed by atoms with E-state index in [1.54, 1.807) is 0 Å². The van der Waals surface area contributed by atoms with E-state index in [2.05, 4.69) is 10.4 Å². The molecule has 0 spiro atoms. The monoisotopic (exact) mass is 253 g/mol. The van der Waals surface area contributed by atoms with Crippen LogP contribution in [0.5, 0.6) is 0 Å². The van der Waals surface area contributed by atoms with E-state index in [1.807, 2.05) is 0 Å². The summed E-state index contributed by atoms with van der Waals surface area (Å²) in [6.45, 7) is 0.284. The van der Waals surface area contributed by atoms with Crippen molar-refractivity contribution in [1.82, 2.24) is 15.1 Å². The van der Waals surface area contributed by atoms with Gasteiger partial charge in [-0.3, -0.25) is 19.5 Å². The van der Waals surface area contributed by atoms with E-state index < -0.39 is 11.1 Å². The summed E-state index contributed by atoms with van der Waals surface area (Å²) in [5, 5.41) is 14.0. The van der Waals surface area contributed by atoms with Crippen molar-refractivity contribution in [3.63, 3.8) is 0 Å². The Morgan fingerprint density at radius 2 is 2.17 bits per heavy atom. The fourth-order valence-electron chi connectivity index (χ4n) is 1.90. The third-order valence-electron chi connectivity index (χ3n) is 2.99. The second-order valence-electron chi connectivity index (χ2n) is 4.53. The molecule has 1 aromatic rings. The summed E-state index contributed by atoms with van der Waals surface area (Å²) in [7, 11) is 0. The molecule has 1 saturated carbocycles. The summed E-state index contributed by atoms with van der Waals surface area (Å²) in [6, 6.07) is 2.24. The number of H-pyrrole nitrogens is 1. The van der Waals surface area contributed by atoms with Crippen LogP contribution < -0.4 is 16.4 Å². The van der Waals surface area contributed by atoms with E-state index in [0.29, 0.717) is 25.3 Å². The van der Waals surface area contributed by atoms with Crippen LogP contribution in [0.1, 0.15) is 12.8 Å². The molecule has 0 aliphatic heterocycles. The van der Waals surface area contributed by atoms with Gasteiger partial charge in [0.25, 0.3) is 11.1 Å². The third kappa shape index (κ3) is 3.07. The first-order valence-electron chi connectivity index (χ1n) is 5.79. The molecule has 3 N–H and O–H groups in total. The predicted molar refractivity (Wildman–Crippen MR) is 63.1 cm³/mol. The van der Waals surface area contributed by atoms with Gasteiger partial charge < -0.3 is 10.4 Å². The first-order chi connectivity index (χ1) is 8.54. The third-order valence-corrected chi connectivity index (χ3v) is 2.99. The zero-order valence-electron chi connectivity index (χ0n) is 9.76. The molecule has 1 aliphatic rings. The molecule has 7 heteroatoms. The molecular weight excluding hydrogens is 238 g/mol. The molecule has 18 heavy (non-hydrogen) atoms. The number of aliphatic hydroxyl groups excluding tert-OH is 1. The van der Waals surface area contributed by atoms with E-state index in [0.717, 1.165) is 16.8 Å². The minimum absolute atomic E-state index is 0.204. The van der Waals surface area contributed by atoms with Crippen molar-refractivity contribution in [2.75, 3.05) is 6.54 Å². The largest absolute Gasteiger partial charge is 0.393 e. The van der Waals surface area contributed by atoms with E-state index in [4.69, 9.17) is 5.11 Å². The number of carbonyl (C=O) groups is 1. The lowest BCUT2D eigenvalue weighted by Gasteiger charge is -2.31. The lowest BCUT2D eigenvalue weighted by atomic mass is 9.82. The molecule has 0 saturated heterocycles. The molecule has 0 bridgehead atoms. The van der Waals surface area contributed by atoms with E-state index in [-0.39, 0.29) is 18.6 Å². The number of hydrogen-bond donors (Lipinski definition) is 3. The molecule has 1 aromatic heterocycles. The minimum Gasteiger partial charge on any atom is -0.393 e. The lowest BCUT2D eigenvalue weighted by Crippen LogP contribution is -2.41. The summed E-state index contributed by atoms with van der Waals surface area (Å²) < 4.78 is 0.966. The van der Waals surface area contributed by atoms with Gasteiger partial charge in [-0.25, -0.2) is 4.68 Å². The van der Waals surface area contributed by atoms with Crippen molar-refractivity contribution in [2.24, 2.45) is 5.92 Å². The normalized spacial score (nSPS) is 22.3. The van der Waals surface area contributed by atoms with Crippen LogP contribution in [-0.4, -0.2) is 33.4 Å². The van der Waals surface area contributed by atoms with E-state index in [9.17, 15) is 14.4 Å². The fraction of sp³-hybridized carbons (Fsp3) is 0.545. The van der Waals surface area contributed by atoms with Gasteiger partial charge in [0, 0.05) is 18.7 Å². The Balaban J connectivity index is 1.85. The SMILES string of the molecule is O=C(Cn1[nH]c(=O)ccc1=O)NCC1CC(O)C1. The lowest BCUT2D eigenvalue weighted by molar-refractivity contribution is -0.122. The van der Waals surface area contributed by atoms with E-state index in [1.165, 1.54) is 0 Å². The van der Waals surface area contributed by atoms with Crippen molar-refractivity contribution >= 4 is 5.91 Å². The number of rotatable bonds is 4. The number of nitrogens with zero attached hydrogens (tertiary/aromatic N) is 1. The molecule has 0 aromatic carbocycles. The number of carbonyl (C=O) groups excluding carboxylic acids is 1. The number of hydrogen-bond acceptors (Lipinski definition) is 4. The number of nitrogens with one attached hydrogen (secondary N) is 2. The highest BCUT2D eigenvalue weighted by molar-refractivity contribution is 5.75. The molecule has 1 amide bonds. The van der Waals surface area contributed by atoms with Crippen LogP contribution in [-0.2, 0) is 11.3 Å². The van der Waals surface area contributed by atoms with Crippen LogP contribution in [0.25, 0.3) is 0 Å². The van der Waals surface area contributed by atoms with Crippen molar-refractivity contribution in [3.8, 4) is 0 Å². The number of amides is 1. The number of aromatic amines is 1. The Labute approximate surface area is 102 Å². The van der Waals surface area contributed by atoms with Gasteiger partial charge in [-0.2, -0.15) is 0 Å². The quantitative estimate of drug-likeness (QED) is 0.602. The van der Waals surface area contributed by atoms with Gasteiger partial charge >= 0.3 is 0 Å². The van der Waals surface area contributed by atoms with Crippen molar-refractivity contribution in [2.45, 2.75) is 25.5 Å². The molecular formula is C11H15N3O4. The molecule has 98 valence electrons. The second-order valence-corrected chi connectivity index (χ2v) is 4.53. The summed E-state index contributed by atoms with van der Waals surface area (Å²) >= 11 is 0. The summed E-state index contributed by atoms with van der Waals surface area (Å²) in [5.41, 5.74) is -0.853. The van der Waals surface area contributed by atoms with Crippen molar-refractivity contribution in [3.05, 3.63) is 32.8 Å². The molecule has 0 atom stereocenters. The first kappa shape index (κ1) is 12.6. The van der Waals surface area contributed by atoms with Gasteiger partial charge in [0.2, 0.25) is 5.91 Å².